The maximum atomic E-state index is 16.0. The molecule has 62 heavy (non-hydrogen) atoms. The molecule has 0 saturated heterocycles. The second-order valence-corrected chi connectivity index (χ2v) is 15.4. The Morgan fingerprint density at radius 2 is 0.661 bits per heavy atom. The van der Waals surface area contributed by atoms with Crippen molar-refractivity contribution in [2.24, 2.45) is 0 Å². The molecule has 6 aromatic carbocycles. The van der Waals surface area contributed by atoms with Crippen LogP contribution in [0.5, 0.6) is 34.5 Å². The van der Waals surface area contributed by atoms with E-state index in [1.54, 1.807) is 109 Å². The van der Waals surface area contributed by atoms with E-state index in [2.05, 4.69) is 0 Å². The summed E-state index contributed by atoms with van der Waals surface area (Å²) in [6, 6.07) is 37.0. The van der Waals surface area contributed by atoms with Crippen LogP contribution in [0.4, 0.5) is 13.2 Å². The lowest BCUT2D eigenvalue weighted by molar-refractivity contribution is 0.301. The summed E-state index contributed by atoms with van der Waals surface area (Å²) < 4.78 is 94.7. The van der Waals surface area contributed by atoms with Gasteiger partial charge >= 0.3 is 7.82 Å². The van der Waals surface area contributed by atoms with Crippen LogP contribution in [0.1, 0.15) is 0 Å². The Balaban J connectivity index is 1.28. The molecule has 0 unspecified atom stereocenters. The average molecular weight is 852 g/mol. The van der Waals surface area contributed by atoms with Crippen molar-refractivity contribution in [3.8, 4) is 68.3 Å². The lowest BCUT2D eigenvalue weighted by Crippen LogP contribution is -2.09. The fourth-order valence-corrected chi connectivity index (χ4v) is 8.14. The summed E-state index contributed by atoms with van der Waals surface area (Å²) >= 11 is 0. The Kier molecular flexibility index (Phi) is 10.6. The predicted molar refractivity (Wildman–Crippen MR) is 231 cm³/mol. The number of nitrogens with zero attached hydrogens (tertiary/aromatic N) is 3. The number of rotatable bonds is 12. The van der Waals surface area contributed by atoms with E-state index in [1.807, 2.05) is 0 Å². The topological polar surface area (TPSA) is 111 Å². The first kappa shape index (κ1) is 39.8. The minimum Gasteiger partial charge on any atom is -0.497 e. The zero-order valence-electron chi connectivity index (χ0n) is 33.1. The number of methoxy groups -OCH3 is 3. The van der Waals surface area contributed by atoms with Crippen molar-refractivity contribution in [1.82, 2.24) is 15.0 Å². The minimum absolute atomic E-state index is 0.0148. The van der Waals surface area contributed by atoms with Gasteiger partial charge in [0.1, 0.15) is 51.9 Å². The van der Waals surface area contributed by atoms with Crippen LogP contribution < -0.4 is 27.8 Å². The lowest BCUT2D eigenvalue weighted by Gasteiger charge is -2.23. The van der Waals surface area contributed by atoms with Crippen LogP contribution in [0.3, 0.4) is 0 Å². The molecular weight excluding hydrogens is 819 g/mol. The molecule has 0 radical (unpaired) electrons. The summed E-state index contributed by atoms with van der Waals surface area (Å²) in [5.41, 5.74) is 3.96. The third-order valence-electron chi connectivity index (χ3n) is 9.98. The van der Waals surface area contributed by atoms with E-state index < -0.39 is 25.3 Å². The van der Waals surface area contributed by atoms with E-state index in [0.717, 1.165) is 0 Å². The van der Waals surface area contributed by atoms with E-state index in [1.165, 1.54) is 57.7 Å². The SMILES string of the molecule is COc1ccc2nc(-c3ccc(F)cc3)cc(OP(=O)(Oc3cc(-c4ccc(F)cc4)nc4ccc(OC)cc34)Oc3cc(-c4ccc(F)cc4)nc4ccc(OC)cc34)c2c1. The molecule has 0 N–H and O–H groups in total. The normalized spacial score (nSPS) is 11.5. The predicted octanol–water partition coefficient (Wildman–Crippen LogP) is 12.4. The summed E-state index contributed by atoms with van der Waals surface area (Å²) in [7, 11) is -0.506. The van der Waals surface area contributed by atoms with Gasteiger partial charge in [-0.15, -0.1) is 0 Å². The smallest absolute Gasteiger partial charge is 0.497 e. The van der Waals surface area contributed by atoms with Gasteiger partial charge in [-0.05, 0) is 127 Å². The van der Waals surface area contributed by atoms with Crippen LogP contribution in [0.2, 0.25) is 0 Å². The van der Waals surface area contributed by atoms with E-state index in [0.29, 0.717) is 83.7 Å². The molecular formula is C48H33F3N3O7P. The highest BCUT2D eigenvalue weighted by molar-refractivity contribution is 7.49. The molecule has 0 aliphatic carbocycles. The van der Waals surface area contributed by atoms with Gasteiger partial charge in [0.25, 0.3) is 0 Å². The van der Waals surface area contributed by atoms with Crippen LogP contribution in [0, 0.1) is 17.5 Å². The van der Waals surface area contributed by atoms with E-state index >= 15 is 4.57 Å². The quantitative estimate of drug-likeness (QED) is 0.110. The fourth-order valence-electron chi connectivity index (χ4n) is 6.85. The second kappa shape index (κ2) is 16.4. The summed E-state index contributed by atoms with van der Waals surface area (Å²) in [5, 5.41) is 1.14. The van der Waals surface area contributed by atoms with Gasteiger partial charge in [-0.1, -0.05) is 0 Å². The summed E-state index contributed by atoms with van der Waals surface area (Å²) in [4.78, 5) is 14.4. The second-order valence-electron chi connectivity index (χ2n) is 13.9. The fraction of sp³-hybridized carbons (Fsp3) is 0.0625. The van der Waals surface area contributed by atoms with Crippen molar-refractivity contribution in [2.45, 2.75) is 0 Å². The Bertz CT molecular complexity index is 2850. The van der Waals surface area contributed by atoms with Gasteiger partial charge < -0.3 is 27.8 Å². The number of aromatic nitrogens is 3. The third-order valence-corrected chi connectivity index (χ3v) is 11.2. The summed E-state index contributed by atoms with van der Waals surface area (Å²) in [6.45, 7) is 0. The van der Waals surface area contributed by atoms with E-state index in [9.17, 15) is 13.2 Å². The monoisotopic (exact) mass is 851 g/mol. The minimum atomic E-state index is -5.01. The number of ether oxygens (including phenoxy) is 3. The summed E-state index contributed by atoms with van der Waals surface area (Å²) in [6.07, 6.45) is 0. The van der Waals surface area contributed by atoms with Gasteiger partial charge in [0.05, 0.1) is 55.0 Å². The van der Waals surface area contributed by atoms with Gasteiger partial charge in [-0.2, -0.15) is 4.57 Å². The number of fused-ring (bicyclic) bond motifs is 3. The molecule has 3 aromatic heterocycles. The average Bonchev–Trinajstić information content (AvgIpc) is 3.29. The van der Waals surface area contributed by atoms with Crippen LogP contribution in [0.25, 0.3) is 66.5 Å². The zero-order chi connectivity index (χ0) is 43.0. The molecule has 10 nitrogen and oxygen atoms in total. The van der Waals surface area contributed by atoms with Gasteiger partial charge in [0.2, 0.25) is 0 Å². The van der Waals surface area contributed by atoms with Gasteiger partial charge in [0.15, 0.2) is 0 Å². The Morgan fingerprint density at radius 3 is 0.919 bits per heavy atom. The van der Waals surface area contributed by atoms with Gasteiger partial charge in [0, 0.05) is 51.0 Å². The van der Waals surface area contributed by atoms with Gasteiger partial charge in [-0.25, -0.2) is 28.1 Å². The molecule has 0 aliphatic heterocycles. The van der Waals surface area contributed by atoms with Crippen molar-refractivity contribution in [3.63, 3.8) is 0 Å². The van der Waals surface area contributed by atoms with Crippen molar-refractivity contribution in [2.75, 3.05) is 21.3 Å². The highest BCUT2D eigenvalue weighted by Crippen LogP contribution is 2.54. The Morgan fingerprint density at radius 1 is 0.387 bits per heavy atom. The highest BCUT2D eigenvalue weighted by Gasteiger charge is 2.36. The van der Waals surface area contributed by atoms with E-state index in [-0.39, 0.29) is 17.2 Å². The number of benzene rings is 6. The molecule has 0 saturated carbocycles. The maximum absolute atomic E-state index is 16.0. The molecule has 9 rings (SSSR count). The van der Waals surface area contributed by atoms with Crippen LogP contribution in [-0.2, 0) is 4.57 Å². The van der Waals surface area contributed by atoms with Crippen LogP contribution in [-0.4, -0.2) is 36.3 Å². The van der Waals surface area contributed by atoms with Crippen LogP contribution in [0.15, 0.2) is 146 Å². The molecule has 0 spiro atoms. The summed E-state index contributed by atoms with van der Waals surface area (Å²) in [5.74, 6) is 0.0642. The highest BCUT2D eigenvalue weighted by atomic mass is 31.2. The molecule has 0 bridgehead atoms. The van der Waals surface area contributed by atoms with Crippen molar-refractivity contribution in [3.05, 3.63) is 163 Å². The molecule has 0 atom stereocenters. The number of halogens is 3. The molecule has 0 amide bonds. The molecule has 9 aromatic rings. The van der Waals surface area contributed by atoms with Crippen molar-refractivity contribution >= 4 is 40.5 Å². The molecule has 3 heterocycles. The zero-order valence-corrected chi connectivity index (χ0v) is 34.0. The standard InChI is InChI=1S/C48H33F3N3O7P/c1-56-34-16-19-40-37(22-34)46(25-43(52-40)28-4-10-31(49)11-5-28)59-62(55,60-47-26-44(29-6-12-32(50)13-7-29)53-41-20-17-35(57-2)23-38(41)47)61-48-27-45(30-8-14-33(51)15-9-30)54-42-21-18-36(58-3)24-39(42)48/h4-27H,1-3H3. The van der Waals surface area contributed by atoms with Crippen molar-refractivity contribution < 1.29 is 45.5 Å². The first-order chi connectivity index (χ1) is 30.1. The first-order valence-corrected chi connectivity index (χ1v) is 20.5. The Labute approximate surface area is 352 Å². The molecule has 0 aliphatic rings. The van der Waals surface area contributed by atoms with Gasteiger partial charge in [-0.3, -0.25) is 0 Å². The third kappa shape index (κ3) is 8.13. The lowest BCUT2D eigenvalue weighted by atomic mass is 10.1. The number of phosphoric acid groups is 1. The maximum Gasteiger partial charge on any atom is 0.647 e. The van der Waals surface area contributed by atoms with Crippen LogP contribution >= 0.6 is 7.82 Å². The number of phosphoric ester groups is 1. The first-order valence-electron chi connectivity index (χ1n) is 19.0. The number of hydrogen-bond donors (Lipinski definition) is 0. The molecule has 0 fully saturated rings. The largest absolute Gasteiger partial charge is 0.647 e. The van der Waals surface area contributed by atoms with E-state index in [4.69, 9.17) is 42.7 Å². The number of hydrogen-bond acceptors (Lipinski definition) is 10. The Hall–Kier alpha value is -7.63. The number of pyridine rings is 3. The van der Waals surface area contributed by atoms with Crippen molar-refractivity contribution in [1.29, 1.82) is 0 Å². The molecule has 14 heteroatoms. The molecule has 308 valence electrons.